The van der Waals surface area contributed by atoms with Crippen molar-refractivity contribution in [3.05, 3.63) is 101 Å². The lowest BCUT2D eigenvalue weighted by Gasteiger charge is -2.11. The third-order valence-corrected chi connectivity index (χ3v) is 5.51. The van der Waals surface area contributed by atoms with Crippen LogP contribution >= 0.6 is 23.4 Å². The molecular formula is C23H18ClN3O2S. The summed E-state index contributed by atoms with van der Waals surface area (Å²) in [6.07, 6.45) is 0. The second kappa shape index (κ2) is 9.61. The summed E-state index contributed by atoms with van der Waals surface area (Å²) >= 11 is 7.25. The summed E-state index contributed by atoms with van der Waals surface area (Å²) in [6, 6.07) is 26.2. The Morgan fingerprint density at radius 2 is 1.57 bits per heavy atom. The summed E-state index contributed by atoms with van der Waals surface area (Å²) in [7, 11) is 0. The molecule has 0 unspecified atom stereocenters. The van der Waals surface area contributed by atoms with Gasteiger partial charge >= 0.3 is 0 Å². The Kier molecular flexibility index (Phi) is 6.47. The first-order chi connectivity index (χ1) is 14.7. The highest BCUT2D eigenvalue weighted by Crippen LogP contribution is 2.24. The molecule has 4 aromatic rings. The topological polar surface area (TPSA) is 57.0 Å². The van der Waals surface area contributed by atoms with Crippen LogP contribution in [-0.2, 0) is 6.61 Å². The maximum absolute atomic E-state index is 12.5. The van der Waals surface area contributed by atoms with Crippen LogP contribution in [0.5, 0.6) is 5.75 Å². The Balaban J connectivity index is 1.54. The minimum atomic E-state index is 0.00126. The van der Waals surface area contributed by atoms with Crippen molar-refractivity contribution in [1.82, 2.24) is 14.8 Å². The van der Waals surface area contributed by atoms with E-state index in [1.807, 2.05) is 65.2 Å². The van der Waals surface area contributed by atoms with Crippen LogP contribution in [0.1, 0.15) is 16.2 Å². The summed E-state index contributed by atoms with van der Waals surface area (Å²) in [6.45, 7) is 0.262. The second-order valence-corrected chi connectivity index (χ2v) is 7.77. The number of benzene rings is 3. The van der Waals surface area contributed by atoms with Crippen molar-refractivity contribution in [3.63, 3.8) is 0 Å². The Morgan fingerprint density at radius 1 is 0.900 bits per heavy atom. The predicted octanol–water partition coefficient (Wildman–Crippen LogP) is 5.47. The number of halogens is 1. The number of hydrogen-bond donors (Lipinski definition) is 0. The van der Waals surface area contributed by atoms with Crippen LogP contribution in [0.25, 0.3) is 5.69 Å². The van der Waals surface area contributed by atoms with Crippen LogP contribution < -0.4 is 4.74 Å². The van der Waals surface area contributed by atoms with E-state index >= 15 is 0 Å². The molecule has 0 atom stereocenters. The van der Waals surface area contributed by atoms with Crippen LogP contribution in [0.4, 0.5) is 0 Å². The van der Waals surface area contributed by atoms with Gasteiger partial charge in [0.2, 0.25) is 0 Å². The van der Waals surface area contributed by atoms with E-state index in [4.69, 9.17) is 16.3 Å². The number of carbonyl (C=O) groups is 1. The van der Waals surface area contributed by atoms with Crippen molar-refractivity contribution >= 4 is 29.1 Å². The second-order valence-electron chi connectivity index (χ2n) is 6.39. The van der Waals surface area contributed by atoms with E-state index in [0.29, 0.717) is 21.6 Å². The molecule has 1 heterocycles. The van der Waals surface area contributed by atoms with Gasteiger partial charge in [0.05, 0.1) is 5.75 Å². The maximum atomic E-state index is 12.5. The molecule has 4 rings (SSSR count). The van der Waals surface area contributed by atoms with Gasteiger partial charge in [-0.3, -0.25) is 9.36 Å². The zero-order valence-electron chi connectivity index (χ0n) is 15.9. The van der Waals surface area contributed by atoms with Gasteiger partial charge in [-0.2, -0.15) is 0 Å². The average molecular weight is 436 g/mol. The van der Waals surface area contributed by atoms with Crippen molar-refractivity contribution < 1.29 is 9.53 Å². The first kappa shape index (κ1) is 20.2. The predicted molar refractivity (Wildman–Crippen MR) is 119 cm³/mol. The fourth-order valence-electron chi connectivity index (χ4n) is 2.84. The molecule has 3 aromatic carbocycles. The number of thioether (sulfide) groups is 1. The average Bonchev–Trinajstić information content (AvgIpc) is 3.20. The minimum absolute atomic E-state index is 0.00126. The van der Waals surface area contributed by atoms with Crippen molar-refractivity contribution in [2.24, 2.45) is 0 Å². The van der Waals surface area contributed by atoms with E-state index in [1.54, 1.807) is 24.3 Å². The van der Waals surface area contributed by atoms with E-state index in [9.17, 15) is 4.79 Å². The smallest absolute Gasteiger partial charge is 0.196 e. The molecule has 0 radical (unpaired) electrons. The zero-order valence-corrected chi connectivity index (χ0v) is 17.5. The largest absolute Gasteiger partial charge is 0.486 e. The van der Waals surface area contributed by atoms with Gasteiger partial charge in [0.15, 0.2) is 16.8 Å². The maximum Gasteiger partial charge on any atom is 0.196 e. The highest BCUT2D eigenvalue weighted by atomic mass is 35.5. The summed E-state index contributed by atoms with van der Waals surface area (Å²) in [5, 5.41) is 9.85. The molecule has 7 heteroatoms. The van der Waals surface area contributed by atoms with Crippen molar-refractivity contribution in [1.29, 1.82) is 0 Å². The number of rotatable bonds is 8. The van der Waals surface area contributed by atoms with Gasteiger partial charge in [-0.15, -0.1) is 10.2 Å². The van der Waals surface area contributed by atoms with Gasteiger partial charge in [-0.1, -0.05) is 59.8 Å². The lowest BCUT2D eigenvalue weighted by atomic mass is 10.1. The van der Waals surface area contributed by atoms with Crippen LogP contribution in [-0.4, -0.2) is 26.3 Å². The number of ether oxygens (including phenoxy) is 1. The summed E-state index contributed by atoms with van der Waals surface area (Å²) in [5.41, 5.74) is 1.53. The van der Waals surface area contributed by atoms with Gasteiger partial charge < -0.3 is 4.74 Å². The molecule has 0 aliphatic rings. The third kappa shape index (κ3) is 4.90. The number of carbonyl (C=O) groups excluding carboxylic acids is 1. The normalized spacial score (nSPS) is 10.7. The summed E-state index contributed by atoms with van der Waals surface area (Å²) < 4.78 is 7.78. The molecule has 0 fully saturated rings. The molecule has 0 aliphatic carbocycles. The van der Waals surface area contributed by atoms with Gasteiger partial charge in [-0.05, 0) is 48.5 Å². The standard InChI is InChI=1S/C23H18ClN3O2S/c24-18-13-11-17(12-14-18)21(28)16-30-23-26-25-22(15-29-20-9-5-2-6-10-20)27(23)19-7-3-1-4-8-19/h1-14H,15-16H2. The van der Waals surface area contributed by atoms with Crippen LogP contribution in [0.3, 0.4) is 0 Å². The molecule has 0 saturated carbocycles. The Hall–Kier alpha value is -3.09. The number of ketones is 1. The first-order valence-corrected chi connectivity index (χ1v) is 10.7. The van der Waals surface area contributed by atoms with Crippen LogP contribution in [0.15, 0.2) is 90.1 Å². The summed E-state index contributed by atoms with van der Waals surface area (Å²) in [4.78, 5) is 12.5. The number of para-hydroxylation sites is 2. The van der Waals surface area contributed by atoms with E-state index in [2.05, 4.69) is 10.2 Å². The fourth-order valence-corrected chi connectivity index (χ4v) is 3.83. The highest BCUT2D eigenvalue weighted by Gasteiger charge is 2.17. The number of hydrogen-bond acceptors (Lipinski definition) is 5. The molecular weight excluding hydrogens is 418 g/mol. The Labute approximate surface area is 183 Å². The zero-order chi connectivity index (χ0) is 20.8. The molecule has 0 amide bonds. The molecule has 5 nitrogen and oxygen atoms in total. The highest BCUT2D eigenvalue weighted by molar-refractivity contribution is 7.99. The number of aromatic nitrogens is 3. The molecule has 0 spiro atoms. The van der Waals surface area contributed by atoms with E-state index in [1.165, 1.54) is 11.8 Å². The summed E-state index contributed by atoms with van der Waals surface area (Å²) in [5.74, 6) is 1.66. The minimum Gasteiger partial charge on any atom is -0.486 e. The van der Waals surface area contributed by atoms with E-state index in [0.717, 1.165) is 11.4 Å². The van der Waals surface area contributed by atoms with Crippen molar-refractivity contribution in [2.75, 3.05) is 5.75 Å². The van der Waals surface area contributed by atoms with Crippen LogP contribution in [0.2, 0.25) is 5.02 Å². The molecule has 30 heavy (non-hydrogen) atoms. The SMILES string of the molecule is O=C(CSc1nnc(COc2ccccc2)n1-c1ccccc1)c1ccc(Cl)cc1. The molecule has 1 aromatic heterocycles. The van der Waals surface area contributed by atoms with Gasteiger partial charge in [-0.25, -0.2) is 0 Å². The quantitative estimate of drug-likeness (QED) is 0.271. The van der Waals surface area contributed by atoms with E-state index in [-0.39, 0.29) is 18.1 Å². The number of Topliss-reactive ketones (excluding diaryl/α,β-unsaturated/α-hetero) is 1. The van der Waals surface area contributed by atoms with Gasteiger partial charge in [0.25, 0.3) is 0 Å². The Morgan fingerprint density at radius 3 is 2.27 bits per heavy atom. The third-order valence-electron chi connectivity index (χ3n) is 4.32. The fraction of sp³-hybridized carbons (Fsp3) is 0.0870. The van der Waals surface area contributed by atoms with Gasteiger partial charge in [0, 0.05) is 16.3 Å². The molecule has 0 N–H and O–H groups in total. The molecule has 0 aliphatic heterocycles. The van der Waals surface area contributed by atoms with E-state index < -0.39 is 0 Å². The molecule has 150 valence electrons. The monoisotopic (exact) mass is 435 g/mol. The number of nitrogens with zero attached hydrogens (tertiary/aromatic N) is 3. The van der Waals surface area contributed by atoms with Crippen molar-refractivity contribution in [3.8, 4) is 11.4 Å². The Bertz CT molecular complexity index is 1120. The lowest BCUT2D eigenvalue weighted by molar-refractivity contribution is 0.102. The lowest BCUT2D eigenvalue weighted by Crippen LogP contribution is -2.08. The first-order valence-electron chi connectivity index (χ1n) is 9.30. The van der Waals surface area contributed by atoms with Crippen LogP contribution in [0, 0.1) is 0 Å². The molecule has 0 bridgehead atoms. The van der Waals surface area contributed by atoms with Crippen molar-refractivity contribution in [2.45, 2.75) is 11.8 Å². The van der Waals surface area contributed by atoms with Gasteiger partial charge in [0.1, 0.15) is 12.4 Å². The molecule has 0 saturated heterocycles.